The molecule has 1 fully saturated rings. The van der Waals surface area contributed by atoms with Gasteiger partial charge in [0, 0.05) is 13.0 Å². The van der Waals surface area contributed by atoms with Crippen molar-refractivity contribution in [2.24, 2.45) is 0 Å². The Kier molecular flexibility index (Phi) is 5.94. The van der Waals surface area contributed by atoms with Crippen molar-refractivity contribution in [3.8, 4) is 0 Å². The maximum Gasteiger partial charge on any atom is 0.323 e. The van der Waals surface area contributed by atoms with Gasteiger partial charge in [-0.3, -0.25) is 13.9 Å². The Morgan fingerprint density at radius 2 is 1.78 bits per heavy atom. The Hall–Kier alpha value is -2.22. The van der Waals surface area contributed by atoms with E-state index in [1.165, 1.54) is 12.1 Å². The summed E-state index contributed by atoms with van der Waals surface area (Å²) in [5, 5.41) is 0. The zero-order valence-electron chi connectivity index (χ0n) is 15.4. The van der Waals surface area contributed by atoms with Crippen LogP contribution < -0.4 is 0 Å². The van der Waals surface area contributed by atoms with Crippen LogP contribution in [0.15, 0.2) is 59.5 Å². The molecule has 0 bridgehead atoms. The molecular formula is C20H23NO5S. The molecule has 144 valence electrons. The van der Waals surface area contributed by atoms with E-state index in [2.05, 4.69) is 0 Å². The summed E-state index contributed by atoms with van der Waals surface area (Å²) in [5.74, 6) is -0.375. The molecule has 2 aromatic rings. The number of hydrogen-bond acceptors (Lipinski definition) is 6. The topological polar surface area (TPSA) is 72.9 Å². The van der Waals surface area contributed by atoms with Gasteiger partial charge < -0.3 is 4.74 Å². The number of carbonyl (C=O) groups is 1. The van der Waals surface area contributed by atoms with Crippen LogP contribution in [0.5, 0.6) is 0 Å². The van der Waals surface area contributed by atoms with Gasteiger partial charge in [0.25, 0.3) is 10.1 Å². The molecule has 0 spiro atoms. The van der Waals surface area contributed by atoms with E-state index in [-0.39, 0.29) is 23.9 Å². The normalized spacial score (nSPS) is 20.5. The number of carbonyl (C=O) groups excluding carboxylic acids is 1. The van der Waals surface area contributed by atoms with Crippen molar-refractivity contribution >= 4 is 16.1 Å². The lowest BCUT2D eigenvalue weighted by atomic mass is 10.2. The van der Waals surface area contributed by atoms with Gasteiger partial charge in [-0.15, -0.1) is 0 Å². The molecule has 0 radical (unpaired) electrons. The molecule has 7 heteroatoms. The van der Waals surface area contributed by atoms with Gasteiger partial charge in [0.05, 0.1) is 11.0 Å². The maximum atomic E-state index is 12.4. The molecule has 0 unspecified atom stereocenters. The Labute approximate surface area is 159 Å². The average molecular weight is 389 g/mol. The Balaban J connectivity index is 1.58. The second-order valence-electron chi connectivity index (χ2n) is 6.77. The molecule has 0 aromatic heterocycles. The molecule has 0 N–H and O–H groups in total. The summed E-state index contributed by atoms with van der Waals surface area (Å²) in [6.07, 6.45) is -0.314. The minimum atomic E-state index is -3.87. The fraction of sp³-hybridized carbons (Fsp3) is 0.350. The molecule has 3 rings (SSSR count). The lowest BCUT2D eigenvalue weighted by Gasteiger charge is -2.17. The monoisotopic (exact) mass is 389 g/mol. The van der Waals surface area contributed by atoms with Gasteiger partial charge in [-0.2, -0.15) is 8.42 Å². The van der Waals surface area contributed by atoms with Crippen LogP contribution in [0.25, 0.3) is 0 Å². The van der Waals surface area contributed by atoms with Crippen LogP contribution in [0.4, 0.5) is 0 Å². The van der Waals surface area contributed by atoms with E-state index in [1.807, 2.05) is 37.3 Å². The van der Waals surface area contributed by atoms with Gasteiger partial charge in [-0.05, 0) is 31.7 Å². The average Bonchev–Trinajstić information content (AvgIpc) is 3.00. The highest BCUT2D eigenvalue weighted by atomic mass is 32.2. The summed E-state index contributed by atoms with van der Waals surface area (Å²) in [5.41, 5.74) is 1.87. The summed E-state index contributed by atoms with van der Waals surface area (Å²) >= 11 is 0. The molecule has 1 aliphatic heterocycles. The Morgan fingerprint density at radius 1 is 1.11 bits per heavy atom. The van der Waals surface area contributed by atoms with Crippen LogP contribution in [0.2, 0.25) is 0 Å². The highest BCUT2D eigenvalue weighted by molar-refractivity contribution is 7.86. The van der Waals surface area contributed by atoms with E-state index >= 15 is 0 Å². The van der Waals surface area contributed by atoms with Crippen LogP contribution in [-0.4, -0.2) is 45.0 Å². The first-order chi connectivity index (χ1) is 12.8. The van der Waals surface area contributed by atoms with E-state index in [0.29, 0.717) is 6.54 Å². The minimum absolute atomic E-state index is 0.117. The zero-order chi connectivity index (χ0) is 19.4. The van der Waals surface area contributed by atoms with Gasteiger partial charge in [-0.1, -0.05) is 48.0 Å². The molecule has 0 amide bonds. The minimum Gasteiger partial charge on any atom is -0.460 e. The molecule has 27 heavy (non-hydrogen) atoms. The van der Waals surface area contributed by atoms with Gasteiger partial charge in [-0.25, -0.2) is 0 Å². The third kappa shape index (κ3) is 4.94. The van der Waals surface area contributed by atoms with Crippen molar-refractivity contribution in [2.45, 2.75) is 37.0 Å². The molecular weight excluding hydrogens is 366 g/mol. The lowest BCUT2D eigenvalue weighted by molar-refractivity contribution is -0.149. The van der Waals surface area contributed by atoms with E-state index in [0.717, 1.165) is 11.1 Å². The molecule has 0 aliphatic carbocycles. The summed E-state index contributed by atoms with van der Waals surface area (Å²) in [7, 11) is -2.11. The van der Waals surface area contributed by atoms with Crippen molar-refractivity contribution in [2.75, 3.05) is 13.6 Å². The number of nitrogens with zero attached hydrogens (tertiary/aromatic N) is 1. The standard InChI is InChI=1S/C20H23NO5S/c1-15-8-10-18(11-9-15)27(23,24)26-17-12-19(21(2)13-17)20(22)25-14-16-6-4-3-5-7-16/h3-11,17,19H,12-14H2,1-2H3/t17-,19+/m1/s1. The first-order valence-electron chi connectivity index (χ1n) is 8.76. The fourth-order valence-electron chi connectivity index (χ4n) is 3.06. The molecule has 1 heterocycles. The fourth-order valence-corrected chi connectivity index (χ4v) is 4.14. The third-order valence-electron chi connectivity index (χ3n) is 4.58. The predicted molar refractivity (Wildman–Crippen MR) is 101 cm³/mol. The molecule has 0 saturated carbocycles. The van der Waals surface area contributed by atoms with Gasteiger partial charge in [0.15, 0.2) is 0 Å². The number of aryl methyl sites for hydroxylation is 1. The maximum absolute atomic E-state index is 12.4. The van der Waals surface area contributed by atoms with Crippen LogP contribution in [0, 0.1) is 6.92 Å². The first-order valence-corrected chi connectivity index (χ1v) is 10.2. The summed E-state index contributed by atoms with van der Waals surface area (Å²) in [4.78, 5) is 14.3. The quantitative estimate of drug-likeness (QED) is 0.558. The van der Waals surface area contributed by atoms with Gasteiger partial charge in [0.2, 0.25) is 0 Å². The van der Waals surface area contributed by atoms with Crippen molar-refractivity contribution < 1.29 is 22.1 Å². The molecule has 1 saturated heterocycles. The molecule has 2 atom stereocenters. The zero-order valence-corrected chi connectivity index (χ0v) is 16.2. The first kappa shape index (κ1) is 19.5. The van der Waals surface area contributed by atoms with Crippen molar-refractivity contribution in [1.29, 1.82) is 0 Å². The van der Waals surface area contributed by atoms with E-state index in [1.54, 1.807) is 24.1 Å². The molecule has 1 aliphatic rings. The number of esters is 1. The van der Waals surface area contributed by atoms with Crippen LogP contribution in [0.1, 0.15) is 17.5 Å². The van der Waals surface area contributed by atoms with Crippen LogP contribution >= 0.6 is 0 Å². The Morgan fingerprint density at radius 3 is 2.44 bits per heavy atom. The predicted octanol–water partition coefficient (Wildman–Crippen LogP) is 2.52. The van der Waals surface area contributed by atoms with Crippen molar-refractivity contribution in [1.82, 2.24) is 4.90 Å². The van der Waals surface area contributed by atoms with Crippen molar-refractivity contribution in [3.63, 3.8) is 0 Å². The number of likely N-dealkylation sites (tertiary alicyclic amines) is 1. The SMILES string of the molecule is Cc1ccc(S(=O)(=O)O[C@@H]2C[C@@H](C(=O)OCc3ccccc3)N(C)C2)cc1. The summed E-state index contributed by atoms with van der Waals surface area (Å²) in [6.45, 7) is 2.42. The number of hydrogen-bond donors (Lipinski definition) is 0. The highest BCUT2D eigenvalue weighted by Crippen LogP contribution is 2.24. The van der Waals surface area contributed by atoms with Crippen LogP contribution in [0.3, 0.4) is 0 Å². The summed E-state index contributed by atoms with van der Waals surface area (Å²) < 4.78 is 35.6. The van der Waals surface area contributed by atoms with E-state index in [9.17, 15) is 13.2 Å². The largest absolute Gasteiger partial charge is 0.460 e. The number of rotatable bonds is 6. The molecule has 2 aromatic carbocycles. The third-order valence-corrected chi connectivity index (χ3v) is 5.95. The van der Waals surface area contributed by atoms with E-state index in [4.69, 9.17) is 8.92 Å². The second-order valence-corrected chi connectivity index (χ2v) is 8.34. The second kappa shape index (κ2) is 8.21. The van der Waals surface area contributed by atoms with Gasteiger partial charge in [0.1, 0.15) is 12.6 Å². The number of benzene rings is 2. The smallest absolute Gasteiger partial charge is 0.323 e. The molecule has 6 nitrogen and oxygen atoms in total. The number of ether oxygens (including phenoxy) is 1. The van der Waals surface area contributed by atoms with Gasteiger partial charge >= 0.3 is 5.97 Å². The Bertz CT molecular complexity index is 880. The summed E-state index contributed by atoms with van der Waals surface area (Å²) in [6, 6.07) is 15.4. The highest BCUT2D eigenvalue weighted by Gasteiger charge is 2.38. The number of likely N-dealkylation sites (N-methyl/N-ethyl adjacent to an activating group) is 1. The van der Waals surface area contributed by atoms with Crippen LogP contribution in [-0.2, 0) is 30.4 Å². The van der Waals surface area contributed by atoms with Crippen molar-refractivity contribution in [3.05, 3.63) is 65.7 Å². The van der Waals surface area contributed by atoms with E-state index < -0.39 is 22.3 Å². The lowest BCUT2D eigenvalue weighted by Crippen LogP contribution is -2.34.